The van der Waals surface area contributed by atoms with Crippen LogP contribution in [-0.4, -0.2) is 30.3 Å². The average Bonchev–Trinajstić information content (AvgIpc) is 2.22. The summed E-state index contributed by atoms with van der Waals surface area (Å²) in [5, 5.41) is 2.75. The first-order chi connectivity index (χ1) is 8.28. The van der Waals surface area contributed by atoms with Gasteiger partial charge in [-0.1, -0.05) is 6.92 Å². The van der Waals surface area contributed by atoms with Crippen molar-refractivity contribution < 1.29 is 19.1 Å². The van der Waals surface area contributed by atoms with Crippen LogP contribution in [0.5, 0.6) is 0 Å². The lowest BCUT2D eigenvalue weighted by Gasteiger charge is -2.22. The summed E-state index contributed by atoms with van der Waals surface area (Å²) in [5.41, 5.74) is -0.510. The van der Waals surface area contributed by atoms with Gasteiger partial charge in [0, 0.05) is 12.5 Å². The Bertz CT molecular complexity index is 271. The molecule has 0 aliphatic rings. The number of ether oxygens (including phenoxy) is 2. The summed E-state index contributed by atoms with van der Waals surface area (Å²) in [4.78, 5) is 22.8. The smallest absolute Gasteiger partial charge is 0.407 e. The molecule has 1 amide bonds. The van der Waals surface area contributed by atoms with Gasteiger partial charge in [-0.25, -0.2) is 4.79 Å². The third kappa shape index (κ3) is 8.84. The molecule has 0 rings (SSSR count). The molecule has 0 bridgehead atoms. The van der Waals surface area contributed by atoms with Gasteiger partial charge < -0.3 is 14.8 Å². The highest BCUT2D eigenvalue weighted by Crippen LogP contribution is 2.09. The van der Waals surface area contributed by atoms with E-state index in [0.717, 1.165) is 6.42 Å². The minimum absolute atomic E-state index is 0.0655. The predicted octanol–water partition coefficient (Wildman–Crippen LogP) is 2.63. The molecule has 0 saturated heterocycles. The molecule has 0 aromatic rings. The number of hydrogen-bond donors (Lipinski definition) is 1. The second kappa shape index (κ2) is 7.95. The van der Waals surface area contributed by atoms with Crippen molar-refractivity contribution in [1.29, 1.82) is 0 Å². The van der Waals surface area contributed by atoms with Gasteiger partial charge in [-0.15, -0.1) is 0 Å². The largest absolute Gasteiger partial charge is 0.466 e. The van der Waals surface area contributed by atoms with Gasteiger partial charge in [0.15, 0.2) is 0 Å². The van der Waals surface area contributed by atoms with E-state index in [0.29, 0.717) is 19.4 Å². The van der Waals surface area contributed by atoms with Crippen LogP contribution < -0.4 is 5.32 Å². The normalized spacial score (nSPS) is 12.7. The second-order valence-electron chi connectivity index (χ2n) is 5.10. The predicted molar refractivity (Wildman–Crippen MR) is 69.3 cm³/mol. The van der Waals surface area contributed by atoms with Crippen LogP contribution in [0.1, 0.15) is 53.9 Å². The lowest BCUT2D eigenvalue weighted by atomic mass is 10.1. The van der Waals surface area contributed by atoms with Gasteiger partial charge in [-0.2, -0.15) is 0 Å². The Morgan fingerprint density at radius 2 is 1.83 bits per heavy atom. The van der Waals surface area contributed by atoms with Crippen molar-refractivity contribution in [3.8, 4) is 0 Å². The molecule has 0 aliphatic carbocycles. The van der Waals surface area contributed by atoms with Gasteiger partial charge in [0.05, 0.1) is 6.61 Å². The SMILES string of the molecule is CCOC(=O)CC[C@@H](CC)NC(=O)OC(C)(C)C. The molecule has 0 fully saturated rings. The molecule has 0 aromatic heterocycles. The van der Waals surface area contributed by atoms with Crippen molar-refractivity contribution in [3.05, 3.63) is 0 Å². The fourth-order valence-corrected chi connectivity index (χ4v) is 1.38. The first-order valence-electron chi connectivity index (χ1n) is 6.43. The number of esters is 1. The topological polar surface area (TPSA) is 64.6 Å². The van der Waals surface area contributed by atoms with Crippen LogP contribution in [0.25, 0.3) is 0 Å². The lowest BCUT2D eigenvalue weighted by Crippen LogP contribution is -2.39. The zero-order valence-electron chi connectivity index (χ0n) is 12.0. The van der Waals surface area contributed by atoms with E-state index in [1.165, 1.54) is 0 Å². The number of carbonyl (C=O) groups is 2. The van der Waals surface area contributed by atoms with E-state index in [2.05, 4.69) is 5.32 Å². The van der Waals surface area contributed by atoms with Gasteiger partial charge in [0.25, 0.3) is 0 Å². The Morgan fingerprint density at radius 1 is 1.22 bits per heavy atom. The summed E-state index contributed by atoms with van der Waals surface area (Å²) in [6.07, 6.45) is 1.17. The van der Waals surface area contributed by atoms with Crippen LogP contribution in [-0.2, 0) is 14.3 Å². The molecule has 0 aliphatic heterocycles. The molecule has 0 aromatic carbocycles. The van der Waals surface area contributed by atoms with E-state index in [1.807, 2.05) is 27.7 Å². The molecule has 0 saturated carbocycles. The number of nitrogens with one attached hydrogen (secondary N) is 1. The molecule has 18 heavy (non-hydrogen) atoms. The highest BCUT2D eigenvalue weighted by Gasteiger charge is 2.19. The van der Waals surface area contributed by atoms with Crippen LogP contribution in [0.4, 0.5) is 4.79 Å². The van der Waals surface area contributed by atoms with E-state index in [9.17, 15) is 9.59 Å². The van der Waals surface area contributed by atoms with Gasteiger partial charge >= 0.3 is 12.1 Å². The molecule has 1 atom stereocenters. The quantitative estimate of drug-likeness (QED) is 0.745. The summed E-state index contributed by atoms with van der Waals surface area (Å²) >= 11 is 0. The average molecular weight is 259 g/mol. The maximum absolute atomic E-state index is 11.5. The molecule has 106 valence electrons. The van der Waals surface area contributed by atoms with Crippen molar-refractivity contribution in [2.75, 3.05) is 6.61 Å². The third-order valence-corrected chi connectivity index (χ3v) is 2.22. The summed E-state index contributed by atoms with van der Waals surface area (Å²) in [6, 6.07) is -0.0655. The summed E-state index contributed by atoms with van der Waals surface area (Å²) in [7, 11) is 0. The fraction of sp³-hybridized carbons (Fsp3) is 0.846. The maximum Gasteiger partial charge on any atom is 0.407 e. The number of rotatable bonds is 6. The summed E-state index contributed by atoms with van der Waals surface area (Å²) in [5.74, 6) is -0.234. The zero-order valence-corrected chi connectivity index (χ0v) is 12.0. The standard InChI is InChI=1S/C13H25NO4/c1-6-10(8-9-11(15)17-7-2)14-12(16)18-13(3,4)5/h10H,6-9H2,1-5H3,(H,14,16)/t10-/m1/s1. The molecule has 0 spiro atoms. The van der Waals surface area contributed by atoms with E-state index in [1.54, 1.807) is 6.92 Å². The maximum atomic E-state index is 11.5. The Labute approximate surface area is 109 Å². The first-order valence-corrected chi connectivity index (χ1v) is 6.43. The number of carbonyl (C=O) groups excluding carboxylic acids is 2. The van der Waals surface area contributed by atoms with Crippen molar-refractivity contribution in [2.45, 2.75) is 65.5 Å². The van der Waals surface area contributed by atoms with Gasteiger partial charge in [-0.3, -0.25) is 4.79 Å². The van der Waals surface area contributed by atoms with Crippen LogP contribution in [0.15, 0.2) is 0 Å². The Balaban J connectivity index is 4.03. The van der Waals surface area contributed by atoms with E-state index >= 15 is 0 Å². The Morgan fingerprint density at radius 3 is 2.28 bits per heavy atom. The van der Waals surface area contributed by atoms with Crippen LogP contribution >= 0.6 is 0 Å². The minimum atomic E-state index is -0.510. The molecule has 5 nitrogen and oxygen atoms in total. The van der Waals surface area contributed by atoms with Crippen LogP contribution in [0, 0.1) is 0 Å². The van der Waals surface area contributed by atoms with Gasteiger partial charge in [0.2, 0.25) is 0 Å². The number of hydrogen-bond acceptors (Lipinski definition) is 4. The molecule has 1 N–H and O–H groups in total. The Kier molecular flexibility index (Phi) is 7.39. The highest BCUT2D eigenvalue weighted by molar-refractivity contribution is 5.70. The van der Waals surface area contributed by atoms with E-state index < -0.39 is 11.7 Å². The Hall–Kier alpha value is -1.26. The fourth-order valence-electron chi connectivity index (χ4n) is 1.38. The first kappa shape index (κ1) is 16.7. The zero-order chi connectivity index (χ0) is 14.2. The molecule has 0 unspecified atom stereocenters. The molecule has 0 heterocycles. The van der Waals surface area contributed by atoms with E-state index in [-0.39, 0.29) is 12.0 Å². The highest BCUT2D eigenvalue weighted by atomic mass is 16.6. The van der Waals surface area contributed by atoms with Gasteiger partial charge in [-0.05, 0) is 40.5 Å². The number of amides is 1. The minimum Gasteiger partial charge on any atom is -0.466 e. The van der Waals surface area contributed by atoms with E-state index in [4.69, 9.17) is 9.47 Å². The van der Waals surface area contributed by atoms with Crippen molar-refractivity contribution >= 4 is 12.1 Å². The third-order valence-electron chi connectivity index (χ3n) is 2.22. The molecular formula is C13H25NO4. The van der Waals surface area contributed by atoms with Crippen molar-refractivity contribution in [1.82, 2.24) is 5.32 Å². The summed E-state index contributed by atoms with van der Waals surface area (Å²) < 4.78 is 10.00. The van der Waals surface area contributed by atoms with Crippen molar-refractivity contribution in [2.24, 2.45) is 0 Å². The van der Waals surface area contributed by atoms with Crippen LogP contribution in [0.3, 0.4) is 0 Å². The molecule has 5 heteroatoms. The second-order valence-corrected chi connectivity index (χ2v) is 5.10. The molecular weight excluding hydrogens is 234 g/mol. The summed E-state index contributed by atoms with van der Waals surface area (Å²) in [6.45, 7) is 9.54. The van der Waals surface area contributed by atoms with Crippen molar-refractivity contribution in [3.63, 3.8) is 0 Å². The van der Waals surface area contributed by atoms with Gasteiger partial charge in [0.1, 0.15) is 5.60 Å². The molecule has 0 radical (unpaired) electrons. The lowest BCUT2D eigenvalue weighted by molar-refractivity contribution is -0.143. The van der Waals surface area contributed by atoms with Crippen LogP contribution in [0.2, 0.25) is 0 Å². The monoisotopic (exact) mass is 259 g/mol. The number of alkyl carbamates (subject to hydrolysis) is 1.